The number of aryl methyl sites for hydroxylation is 1. The molecule has 0 saturated heterocycles. The highest BCUT2D eigenvalue weighted by Gasteiger charge is 2.18. The lowest BCUT2D eigenvalue weighted by Gasteiger charge is -2.09. The summed E-state index contributed by atoms with van der Waals surface area (Å²) in [5.41, 5.74) is 2.03. The normalized spacial score (nSPS) is 10.3. The van der Waals surface area contributed by atoms with Crippen LogP contribution in [0.4, 0.5) is 11.4 Å². The van der Waals surface area contributed by atoms with Crippen LogP contribution in [0.2, 0.25) is 0 Å². The lowest BCUT2D eigenvalue weighted by atomic mass is 10.1. The number of carbonyl (C=O) groups excluding carboxylic acids is 2. The second-order valence-corrected chi connectivity index (χ2v) is 6.45. The molecule has 0 atom stereocenters. The number of nitrogens with one attached hydrogen (secondary N) is 1. The first-order chi connectivity index (χ1) is 13.8. The van der Waals surface area contributed by atoms with Crippen molar-refractivity contribution in [2.24, 2.45) is 0 Å². The monoisotopic (exact) mass is 390 g/mol. The van der Waals surface area contributed by atoms with Gasteiger partial charge in [0.2, 0.25) is 5.75 Å². The largest absolute Gasteiger partial charge is 0.450 e. The zero-order chi connectivity index (χ0) is 21.0. The summed E-state index contributed by atoms with van der Waals surface area (Å²) in [6.07, 6.45) is 0. The molecule has 1 amide bonds. The van der Waals surface area contributed by atoms with Gasteiger partial charge >= 0.3 is 5.69 Å². The Kier molecular flexibility index (Phi) is 5.69. The number of ether oxygens (including phenoxy) is 1. The fraction of sp³-hybridized carbons (Fsp3) is 0.0909. The topological polar surface area (TPSA) is 98.5 Å². The molecule has 3 rings (SSSR count). The maximum atomic E-state index is 12.3. The maximum absolute atomic E-state index is 12.3. The van der Waals surface area contributed by atoms with E-state index in [-0.39, 0.29) is 28.7 Å². The summed E-state index contributed by atoms with van der Waals surface area (Å²) < 4.78 is 5.60. The molecule has 0 bridgehead atoms. The first-order valence-corrected chi connectivity index (χ1v) is 8.79. The van der Waals surface area contributed by atoms with Crippen molar-refractivity contribution >= 4 is 23.1 Å². The van der Waals surface area contributed by atoms with Gasteiger partial charge in [-0.25, -0.2) is 0 Å². The third kappa shape index (κ3) is 4.84. The van der Waals surface area contributed by atoms with Crippen LogP contribution in [0.1, 0.15) is 33.2 Å². The molecule has 7 nitrogen and oxygen atoms in total. The van der Waals surface area contributed by atoms with Gasteiger partial charge in [-0.1, -0.05) is 17.7 Å². The van der Waals surface area contributed by atoms with Gasteiger partial charge in [0.05, 0.1) is 4.92 Å². The van der Waals surface area contributed by atoms with Crippen molar-refractivity contribution in [3.05, 3.63) is 93.5 Å². The van der Waals surface area contributed by atoms with Crippen molar-refractivity contribution in [3.63, 3.8) is 0 Å². The van der Waals surface area contributed by atoms with E-state index in [1.807, 2.05) is 19.1 Å². The minimum absolute atomic E-state index is 0.0246. The van der Waals surface area contributed by atoms with Gasteiger partial charge in [-0.05, 0) is 62.4 Å². The van der Waals surface area contributed by atoms with E-state index >= 15 is 0 Å². The second kappa shape index (κ2) is 8.35. The van der Waals surface area contributed by atoms with Gasteiger partial charge in [0.25, 0.3) is 5.91 Å². The van der Waals surface area contributed by atoms with Crippen molar-refractivity contribution in [2.45, 2.75) is 13.8 Å². The van der Waals surface area contributed by atoms with Gasteiger partial charge in [-0.15, -0.1) is 0 Å². The van der Waals surface area contributed by atoms with Crippen LogP contribution in [0.25, 0.3) is 0 Å². The highest BCUT2D eigenvalue weighted by Crippen LogP contribution is 2.32. The Hall–Kier alpha value is -4.00. The molecule has 29 heavy (non-hydrogen) atoms. The summed E-state index contributed by atoms with van der Waals surface area (Å²) in [4.78, 5) is 34.4. The Morgan fingerprint density at radius 2 is 1.69 bits per heavy atom. The van der Waals surface area contributed by atoms with Gasteiger partial charge in [0.1, 0.15) is 5.75 Å². The lowest BCUT2D eigenvalue weighted by molar-refractivity contribution is -0.385. The van der Waals surface area contributed by atoms with Crippen LogP contribution in [-0.4, -0.2) is 16.6 Å². The summed E-state index contributed by atoms with van der Waals surface area (Å²) in [7, 11) is 0. The van der Waals surface area contributed by atoms with E-state index in [0.29, 0.717) is 17.0 Å². The number of benzene rings is 3. The van der Waals surface area contributed by atoms with Crippen molar-refractivity contribution in [2.75, 3.05) is 5.32 Å². The molecular formula is C22H18N2O5. The molecule has 0 aliphatic carbocycles. The van der Waals surface area contributed by atoms with Crippen LogP contribution in [0.5, 0.6) is 11.5 Å². The van der Waals surface area contributed by atoms with E-state index in [4.69, 9.17) is 4.74 Å². The van der Waals surface area contributed by atoms with Crippen LogP contribution in [0.15, 0.2) is 66.7 Å². The summed E-state index contributed by atoms with van der Waals surface area (Å²) in [5.74, 6) is -0.125. The van der Waals surface area contributed by atoms with E-state index in [0.717, 1.165) is 5.56 Å². The maximum Gasteiger partial charge on any atom is 0.312 e. The fourth-order valence-electron chi connectivity index (χ4n) is 2.69. The Bertz CT molecular complexity index is 1090. The molecule has 0 heterocycles. The van der Waals surface area contributed by atoms with Gasteiger partial charge in [0.15, 0.2) is 5.78 Å². The third-order valence-corrected chi connectivity index (χ3v) is 4.18. The lowest BCUT2D eigenvalue weighted by Crippen LogP contribution is -2.11. The number of carbonyl (C=O) groups is 2. The first kappa shape index (κ1) is 19.8. The fourth-order valence-corrected chi connectivity index (χ4v) is 2.69. The summed E-state index contributed by atoms with van der Waals surface area (Å²) in [6.45, 7) is 3.24. The van der Waals surface area contributed by atoms with Crippen LogP contribution in [-0.2, 0) is 0 Å². The molecule has 0 unspecified atom stereocenters. The van der Waals surface area contributed by atoms with Crippen molar-refractivity contribution in [1.29, 1.82) is 0 Å². The molecule has 0 saturated carbocycles. The number of hydrogen-bond acceptors (Lipinski definition) is 5. The summed E-state index contributed by atoms with van der Waals surface area (Å²) >= 11 is 0. The molecule has 0 aliphatic heterocycles. The quantitative estimate of drug-likeness (QED) is 0.356. The predicted octanol–water partition coefficient (Wildman–Crippen LogP) is 5.15. The number of Topliss-reactive ketones (excluding diaryl/α,β-unsaturated/α-hetero) is 1. The Balaban J connectivity index is 1.75. The number of nitrogens with zero attached hydrogens (tertiary/aromatic N) is 1. The molecule has 0 aromatic heterocycles. The molecule has 7 heteroatoms. The number of rotatable bonds is 6. The molecule has 0 radical (unpaired) electrons. The molecular weight excluding hydrogens is 372 g/mol. The van der Waals surface area contributed by atoms with E-state index in [9.17, 15) is 19.7 Å². The SMILES string of the molecule is CC(=O)c1ccc(Oc2ccc(NC(=O)c3cccc(C)c3)cc2)c([N+](=O)[O-])c1. The van der Waals surface area contributed by atoms with Crippen molar-refractivity contribution < 1.29 is 19.2 Å². The smallest absolute Gasteiger partial charge is 0.312 e. The van der Waals surface area contributed by atoms with Gasteiger partial charge < -0.3 is 10.1 Å². The molecule has 1 N–H and O–H groups in total. The average molecular weight is 390 g/mol. The van der Waals surface area contributed by atoms with Crippen LogP contribution in [0.3, 0.4) is 0 Å². The zero-order valence-corrected chi connectivity index (χ0v) is 15.8. The van der Waals surface area contributed by atoms with Gasteiger partial charge in [0, 0.05) is 22.9 Å². The molecule has 3 aromatic carbocycles. The third-order valence-electron chi connectivity index (χ3n) is 4.18. The molecule has 0 spiro atoms. The number of ketones is 1. The van der Waals surface area contributed by atoms with E-state index in [1.165, 1.54) is 25.1 Å². The Morgan fingerprint density at radius 1 is 0.966 bits per heavy atom. The van der Waals surface area contributed by atoms with Gasteiger partial charge in [-0.2, -0.15) is 0 Å². The van der Waals surface area contributed by atoms with E-state index in [1.54, 1.807) is 36.4 Å². The van der Waals surface area contributed by atoms with Crippen LogP contribution in [0, 0.1) is 17.0 Å². The van der Waals surface area contributed by atoms with Crippen LogP contribution < -0.4 is 10.1 Å². The molecule has 0 aliphatic rings. The average Bonchev–Trinajstić information content (AvgIpc) is 2.69. The minimum atomic E-state index is -0.599. The number of nitro groups is 1. The number of nitro benzene ring substituents is 1. The number of amides is 1. The number of hydrogen-bond donors (Lipinski definition) is 1. The van der Waals surface area contributed by atoms with Crippen molar-refractivity contribution in [1.82, 2.24) is 0 Å². The highest BCUT2D eigenvalue weighted by molar-refractivity contribution is 6.04. The van der Waals surface area contributed by atoms with Gasteiger partial charge in [-0.3, -0.25) is 19.7 Å². The summed E-state index contributed by atoms with van der Waals surface area (Å²) in [6, 6.07) is 17.7. The molecule has 3 aromatic rings. The first-order valence-electron chi connectivity index (χ1n) is 8.79. The second-order valence-electron chi connectivity index (χ2n) is 6.45. The van der Waals surface area contributed by atoms with Crippen LogP contribution >= 0.6 is 0 Å². The van der Waals surface area contributed by atoms with Crippen molar-refractivity contribution in [3.8, 4) is 11.5 Å². The standard InChI is InChI=1S/C22H18N2O5/c1-14-4-3-5-17(12-14)22(26)23-18-7-9-19(10-8-18)29-21-11-6-16(15(2)25)13-20(21)24(27)28/h3-13H,1-2H3,(H,23,26). The minimum Gasteiger partial charge on any atom is -0.450 e. The molecule has 146 valence electrons. The summed E-state index contributed by atoms with van der Waals surface area (Å²) in [5, 5.41) is 14.1. The zero-order valence-electron chi connectivity index (χ0n) is 15.8. The molecule has 0 fully saturated rings. The number of anilines is 1. The predicted molar refractivity (Wildman–Crippen MR) is 109 cm³/mol. The Labute approximate surface area is 167 Å². The van der Waals surface area contributed by atoms with E-state index < -0.39 is 4.92 Å². The van der Waals surface area contributed by atoms with E-state index in [2.05, 4.69) is 5.32 Å². The highest BCUT2D eigenvalue weighted by atomic mass is 16.6. The Morgan fingerprint density at radius 3 is 2.31 bits per heavy atom.